The molecule has 0 aromatic heterocycles. The van der Waals surface area contributed by atoms with Crippen LogP contribution in [0.25, 0.3) is 10.8 Å². The number of fused-ring (bicyclic) bond motifs is 1. The average molecular weight is 410 g/mol. The number of hydrogen-bond acceptors (Lipinski definition) is 3. The molecule has 31 heavy (non-hydrogen) atoms. The third-order valence-electron chi connectivity index (χ3n) is 5.47. The molecule has 3 heteroatoms. The maximum Gasteiger partial charge on any atom is 0.305 e. The molecule has 0 heterocycles. The van der Waals surface area contributed by atoms with E-state index < -0.39 is 0 Å². The summed E-state index contributed by atoms with van der Waals surface area (Å²) < 4.78 is 5.22. The quantitative estimate of drug-likeness (QED) is 0.292. The molecule has 4 rings (SSSR count). The number of carbonyl (C=O) groups is 1. The third-order valence-corrected chi connectivity index (χ3v) is 5.47. The van der Waals surface area contributed by atoms with Crippen molar-refractivity contribution in [2.24, 2.45) is 0 Å². The maximum absolute atomic E-state index is 12.2. The summed E-state index contributed by atoms with van der Waals surface area (Å²) in [5.41, 5.74) is 3.36. The summed E-state index contributed by atoms with van der Waals surface area (Å²) in [7, 11) is 0. The van der Waals surface area contributed by atoms with Crippen molar-refractivity contribution in [1.82, 2.24) is 0 Å². The number of benzene rings is 4. The fourth-order valence-electron chi connectivity index (χ4n) is 4.03. The van der Waals surface area contributed by atoms with Crippen LogP contribution in [0.5, 0.6) is 0 Å². The first-order chi connectivity index (χ1) is 15.3. The molecular formula is C28H27NO2. The zero-order chi connectivity index (χ0) is 21.5. The number of hydrogen-bond donors (Lipinski definition) is 0. The largest absolute Gasteiger partial charge is 0.466 e. The first-order valence-electron chi connectivity index (χ1n) is 10.8. The van der Waals surface area contributed by atoms with Gasteiger partial charge < -0.3 is 9.64 Å². The second-order valence-electron chi connectivity index (χ2n) is 7.51. The lowest BCUT2D eigenvalue weighted by atomic mass is 9.98. The number of ether oxygens (including phenoxy) is 1. The lowest BCUT2D eigenvalue weighted by molar-refractivity contribution is -0.143. The predicted molar refractivity (Wildman–Crippen MR) is 128 cm³/mol. The van der Waals surface area contributed by atoms with Crippen LogP contribution in [0.2, 0.25) is 0 Å². The van der Waals surface area contributed by atoms with Crippen LogP contribution in [0, 0.1) is 0 Å². The fraction of sp³-hybridized carbons (Fsp3) is 0.179. The van der Waals surface area contributed by atoms with Crippen molar-refractivity contribution in [3.63, 3.8) is 0 Å². The van der Waals surface area contributed by atoms with Gasteiger partial charge in [-0.05, 0) is 53.9 Å². The van der Waals surface area contributed by atoms with Crippen molar-refractivity contribution < 1.29 is 9.53 Å². The van der Waals surface area contributed by atoms with Crippen LogP contribution in [0.1, 0.15) is 31.4 Å². The summed E-state index contributed by atoms with van der Waals surface area (Å²) in [6.45, 7) is 2.25. The SMILES string of the molecule is CCOC(=O)CC[C@@H](c1ccccc1)N(c1ccccc1)c1ccc2ccccc2c1. The van der Waals surface area contributed by atoms with Crippen molar-refractivity contribution in [3.05, 3.63) is 109 Å². The Morgan fingerprint density at radius 2 is 1.42 bits per heavy atom. The van der Waals surface area contributed by atoms with Gasteiger partial charge in [0.1, 0.15) is 0 Å². The molecule has 0 saturated carbocycles. The van der Waals surface area contributed by atoms with Crippen molar-refractivity contribution in [3.8, 4) is 0 Å². The van der Waals surface area contributed by atoms with Crippen molar-refractivity contribution in [2.75, 3.05) is 11.5 Å². The highest BCUT2D eigenvalue weighted by molar-refractivity contribution is 5.87. The summed E-state index contributed by atoms with van der Waals surface area (Å²) in [6.07, 6.45) is 1.02. The van der Waals surface area contributed by atoms with Crippen LogP contribution in [-0.2, 0) is 9.53 Å². The molecule has 0 N–H and O–H groups in total. The Kier molecular flexibility index (Phi) is 6.63. The Balaban J connectivity index is 1.80. The maximum atomic E-state index is 12.2. The molecule has 0 aliphatic heterocycles. The Hall–Kier alpha value is -3.59. The third kappa shape index (κ3) is 4.95. The summed E-state index contributed by atoms with van der Waals surface area (Å²) in [5.74, 6) is -0.157. The van der Waals surface area contributed by atoms with Crippen LogP contribution < -0.4 is 4.90 Å². The summed E-state index contributed by atoms with van der Waals surface area (Å²) >= 11 is 0. The van der Waals surface area contributed by atoms with Crippen molar-refractivity contribution >= 4 is 28.1 Å². The van der Waals surface area contributed by atoms with Gasteiger partial charge in [-0.15, -0.1) is 0 Å². The monoisotopic (exact) mass is 409 g/mol. The van der Waals surface area contributed by atoms with Gasteiger partial charge in [0.25, 0.3) is 0 Å². The van der Waals surface area contributed by atoms with Gasteiger partial charge in [-0.25, -0.2) is 0 Å². The van der Waals surface area contributed by atoms with Crippen LogP contribution >= 0.6 is 0 Å². The van der Waals surface area contributed by atoms with E-state index in [9.17, 15) is 4.79 Å². The van der Waals surface area contributed by atoms with E-state index in [4.69, 9.17) is 4.74 Å². The molecule has 0 bridgehead atoms. The molecule has 0 spiro atoms. The number of anilines is 2. The highest BCUT2D eigenvalue weighted by Gasteiger charge is 2.24. The molecule has 0 aliphatic carbocycles. The van der Waals surface area contributed by atoms with Gasteiger partial charge in [0, 0.05) is 17.8 Å². The topological polar surface area (TPSA) is 29.5 Å². The normalized spacial score (nSPS) is 11.8. The molecule has 0 radical (unpaired) electrons. The van der Waals surface area contributed by atoms with E-state index in [1.807, 2.05) is 19.1 Å². The van der Waals surface area contributed by atoms with E-state index in [1.54, 1.807) is 0 Å². The van der Waals surface area contributed by atoms with E-state index in [0.717, 1.165) is 11.4 Å². The Morgan fingerprint density at radius 1 is 0.774 bits per heavy atom. The number of para-hydroxylation sites is 1. The van der Waals surface area contributed by atoms with Crippen molar-refractivity contribution in [2.45, 2.75) is 25.8 Å². The van der Waals surface area contributed by atoms with Crippen LogP contribution in [0.15, 0.2) is 103 Å². The second kappa shape index (κ2) is 9.94. The standard InChI is InChI=1S/C28H27NO2/c1-2-31-28(30)20-19-27(23-12-5-3-6-13-23)29(25-15-7-4-8-16-25)26-18-17-22-11-9-10-14-24(22)21-26/h3-18,21,27H,2,19-20H2,1H3/t27-/m0/s1. The molecule has 0 amide bonds. The van der Waals surface area contributed by atoms with Gasteiger partial charge in [-0.3, -0.25) is 4.79 Å². The van der Waals surface area contributed by atoms with Gasteiger partial charge in [-0.2, -0.15) is 0 Å². The number of carbonyl (C=O) groups excluding carboxylic acids is 1. The Labute approximate surface area is 183 Å². The molecule has 156 valence electrons. The van der Waals surface area contributed by atoms with Gasteiger partial charge in [-0.1, -0.05) is 78.9 Å². The molecule has 0 unspecified atom stereocenters. The summed E-state index contributed by atoms with van der Waals surface area (Å²) in [4.78, 5) is 14.5. The first kappa shape index (κ1) is 20.7. The molecular weight excluding hydrogens is 382 g/mol. The molecule has 4 aromatic rings. The van der Waals surface area contributed by atoms with E-state index in [-0.39, 0.29) is 12.0 Å². The lowest BCUT2D eigenvalue weighted by Gasteiger charge is -2.34. The highest BCUT2D eigenvalue weighted by atomic mass is 16.5. The molecule has 1 atom stereocenters. The molecule has 0 saturated heterocycles. The summed E-state index contributed by atoms with van der Waals surface area (Å²) in [6, 6.07) is 35.7. The first-order valence-corrected chi connectivity index (χ1v) is 10.8. The Bertz CT molecular complexity index is 1130. The number of esters is 1. The second-order valence-corrected chi connectivity index (χ2v) is 7.51. The fourth-order valence-corrected chi connectivity index (χ4v) is 4.03. The van der Waals surface area contributed by atoms with E-state index >= 15 is 0 Å². The van der Waals surface area contributed by atoms with Crippen LogP contribution in [-0.4, -0.2) is 12.6 Å². The van der Waals surface area contributed by atoms with Crippen molar-refractivity contribution in [1.29, 1.82) is 0 Å². The van der Waals surface area contributed by atoms with E-state index in [2.05, 4.69) is 95.9 Å². The average Bonchev–Trinajstić information content (AvgIpc) is 2.83. The molecule has 3 nitrogen and oxygen atoms in total. The van der Waals surface area contributed by atoms with Gasteiger partial charge in [0.2, 0.25) is 0 Å². The minimum atomic E-state index is -0.157. The van der Waals surface area contributed by atoms with Crippen LogP contribution in [0.3, 0.4) is 0 Å². The minimum Gasteiger partial charge on any atom is -0.466 e. The number of nitrogens with zero attached hydrogens (tertiary/aromatic N) is 1. The zero-order valence-corrected chi connectivity index (χ0v) is 17.8. The van der Waals surface area contributed by atoms with Gasteiger partial charge in [0.15, 0.2) is 0 Å². The predicted octanol–water partition coefficient (Wildman–Crippen LogP) is 7.06. The zero-order valence-electron chi connectivity index (χ0n) is 17.8. The van der Waals surface area contributed by atoms with E-state index in [0.29, 0.717) is 19.4 Å². The smallest absolute Gasteiger partial charge is 0.305 e. The van der Waals surface area contributed by atoms with Gasteiger partial charge >= 0.3 is 5.97 Å². The summed E-state index contributed by atoms with van der Waals surface area (Å²) in [5, 5.41) is 2.40. The minimum absolute atomic E-state index is 0.00540. The molecule has 0 fully saturated rings. The Morgan fingerprint density at radius 3 is 2.13 bits per heavy atom. The molecule has 0 aliphatic rings. The highest BCUT2D eigenvalue weighted by Crippen LogP contribution is 2.38. The van der Waals surface area contributed by atoms with Crippen LogP contribution in [0.4, 0.5) is 11.4 Å². The molecule has 4 aromatic carbocycles. The lowest BCUT2D eigenvalue weighted by Crippen LogP contribution is -2.25. The number of rotatable bonds is 8. The van der Waals surface area contributed by atoms with E-state index in [1.165, 1.54) is 16.3 Å². The van der Waals surface area contributed by atoms with Gasteiger partial charge in [0.05, 0.1) is 12.6 Å².